The van der Waals surface area contributed by atoms with E-state index in [1.807, 2.05) is 6.92 Å². The zero-order valence-corrected chi connectivity index (χ0v) is 13.7. The fraction of sp³-hybridized carbons (Fsp3) is 0.529. The molecule has 1 aromatic carbocycles. The van der Waals surface area contributed by atoms with Crippen LogP contribution in [0.5, 0.6) is 5.75 Å². The topological polar surface area (TPSA) is 67.9 Å². The Morgan fingerprint density at radius 3 is 2.65 bits per heavy atom. The van der Waals surface area contributed by atoms with Crippen molar-refractivity contribution < 1.29 is 19.1 Å². The van der Waals surface area contributed by atoms with Crippen LogP contribution >= 0.6 is 0 Å². The Labute approximate surface area is 136 Å². The second-order valence-electron chi connectivity index (χ2n) is 5.47. The molecule has 0 aliphatic carbocycles. The number of hydrogen-bond acceptors (Lipinski definition) is 4. The zero-order valence-electron chi connectivity index (χ0n) is 13.7. The van der Waals surface area contributed by atoms with Gasteiger partial charge >= 0.3 is 0 Å². The lowest BCUT2D eigenvalue weighted by molar-refractivity contribution is -0.123. The summed E-state index contributed by atoms with van der Waals surface area (Å²) in [6.45, 7) is 5.19. The predicted molar refractivity (Wildman–Crippen MR) is 87.6 cm³/mol. The van der Waals surface area contributed by atoms with Gasteiger partial charge in [-0.1, -0.05) is 0 Å². The molecular weight excluding hydrogens is 296 g/mol. The number of amides is 2. The molecule has 1 N–H and O–H groups in total. The molecule has 0 radical (unpaired) electrons. The van der Waals surface area contributed by atoms with E-state index in [1.54, 1.807) is 24.3 Å². The van der Waals surface area contributed by atoms with E-state index in [-0.39, 0.29) is 24.5 Å². The van der Waals surface area contributed by atoms with Gasteiger partial charge in [0.05, 0.1) is 12.7 Å². The maximum absolute atomic E-state index is 12.1. The van der Waals surface area contributed by atoms with E-state index in [4.69, 9.17) is 9.47 Å². The zero-order chi connectivity index (χ0) is 16.7. The first-order chi connectivity index (χ1) is 11.1. The molecule has 126 valence electrons. The average molecular weight is 320 g/mol. The van der Waals surface area contributed by atoms with Gasteiger partial charge in [0.15, 0.2) is 0 Å². The third-order valence-corrected chi connectivity index (χ3v) is 3.69. The van der Waals surface area contributed by atoms with Crippen molar-refractivity contribution in [1.82, 2.24) is 5.32 Å². The second-order valence-corrected chi connectivity index (χ2v) is 5.47. The Morgan fingerprint density at radius 1 is 1.35 bits per heavy atom. The number of benzene rings is 1. The Hall–Kier alpha value is -2.08. The van der Waals surface area contributed by atoms with Gasteiger partial charge in [0, 0.05) is 25.8 Å². The summed E-state index contributed by atoms with van der Waals surface area (Å²) < 4.78 is 10.8. The molecule has 0 bridgehead atoms. The van der Waals surface area contributed by atoms with Crippen molar-refractivity contribution >= 4 is 17.5 Å². The van der Waals surface area contributed by atoms with Gasteiger partial charge < -0.3 is 19.7 Å². The molecule has 1 saturated heterocycles. The van der Waals surface area contributed by atoms with Crippen LogP contribution in [-0.4, -0.2) is 44.2 Å². The monoisotopic (exact) mass is 320 g/mol. The summed E-state index contributed by atoms with van der Waals surface area (Å²) in [6, 6.07) is 7.14. The van der Waals surface area contributed by atoms with Gasteiger partial charge in [-0.05, 0) is 44.0 Å². The van der Waals surface area contributed by atoms with Crippen LogP contribution in [0, 0.1) is 0 Å². The largest absolute Gasteiger partial charge is 0.494 e. The molecule has 1 heterocycles. The van der Waals surface area contributed by atoms with Crippen LogP contribution < -0.4 is 15.0 Å². The quantitative estimate of drug-likeness (QED) is 0.831. The molecule has 2 rings (SSSR count). The van der Waals surface area contributed by atoms with Crippen LogP contribution in [-0.2, 0) is 14.3 Å². The molecule has 1 aliphatic heterocycles. The third kappa shape index (κ3) is 5.25. The maximum atomic E-state index is 12.1. The summed E-state index contributed by atoms with van der Waals surface area (Å²) in [5, 5.41) is 2.83. The number of rotatable bonds is 7. The Kier molecular flexibility index (Phi) is 6.40. The van der Waals surface area contributed by atoms with E-state index in [1.165, 1.54) is 11.8 Å². The number of ether oxygens (including phenoxy) is 2. The highest BCUT2D eigenvalue weighted by Crippen LogP contribution is 2.19. The average Bonchev–Trinajstić information content (AvgIpc) is 3.05. The maximum Gasteiger partial charge on any atom is 0.240 e. The van der Waals surface area contributed by atoms with E-state index in [9.17, 15) is 9.59 Å². The summed E-state index contributed by atoms with van der Waals surface area (Å²) in [6.07, 6.45) is 2.09. The standard InChI is InChI=1S/C17H24N2O4/c1-3-22-15-8-6-14(7-9-15)19(13(2)20)12-17(21)18-11-16-5-4-10-23-16/h6-9,16H,3-5,10-12H2,1-2H3,(H,18,21). The normalized spacial score (nSPS) is 16.9. The SMILES string of the molecule is CCOc1ccc(N(CC(=O)NCC2CCCO2)C(C)=O)cc1. The Morgan fingerprint density at radius 2 is 2.09 bits per heavy atom. The summed E-state index contributed by atoms with van der Waals surface area (Å²) >= 11 is 0. The molecule has 0 aromatic heterocycles. The predicted octanol–water partition coefficient (Wildman–Crippen LogP) is 1.73. The van der Waals surface area contributed by atoms with Crippen molar-refractivity contribution in [3.05, 3.63) is 24.3 Å². The van der Waals surface area contributed by atoms with Crippen molar-refractivity contribution in [1.29, 1.82) is 0 Å². The van der Waals surface area contributed by atoms with Crippen LogP contribution in [0.15, 0.2) is 24.3 Å². The Bertz CT molecular complexity index is 524. The molecule has 1 unspecified atom stereocenters. The lowest BCUT2D eigenvalue weighted by Crippen LogP contribution is -2.42. The molecule has 1 fully saturated rings. The number of nitrogens with one attached hydrogen (secondary N) is 1. The summed E-state index contributed by atoms with van der Waals surface area (Å²) in [5.74, 6) is 0.369. The fourth-order valence-corrected chi connectivity index (χ4v) is 2.51. The highest BCUT2D eigenvalue weighted by atomic mass is 16.5. The molecule has 2 amide bonds. The third-order valence-electron chi connectivity index (χ3n) is 3.69. The van der Waals surface area contributed by atoms with E-state index < -0.39 is 0 Å². The number of carbonyl (C=O) groups is 2. The molecule has 1 aliphatic rings. The summed E-state index contributed by atoms with van der Waals surface area (Å²) in [4.78, 5) is 25.4. The van der Waals surface area contributed by atoms with E-state index >= 15 is 0 Å². The highest BCUT2D eigenvalue weighted by Gasteiger charge is 2.19. The van der Waals surface area contributed by atoms with Crippen molar-refractivity contribution in [3.63, 3.8) is 0 Å². The number of nitrogens with zero attached hydrogens (tertiary/aromatic N) is 1. The van der Waals surface area contributed by atoms with Gasteiger partial charge in [0.2, 0.25) is 11.8 Å². The molecule has 1 atom stereocenters. The highest BCUT2D eigenvalue weighted by molar-refractivity contribution is 5.97. The van der Waals surface area contributed by atoms with E-state index in [0.717, 1.165) is 25.2 Å². The van der Waals surface area contributed by atoms with Crippen LogP contribution in [0.1, 0.15) is 26.7 Å². The minimum Gasteiger partial charge on any atom is -0.494 e. The van der Waals surface area contributed by atoms with Gasteiger partial charge in [-0.2, -0.15) is 0 Å². The van der Waals surface area contributed by atoms with Gasteiger partial charge in [-0.15, -0.1) is 0 Å². The lowest BCUT2D eigenvalue weighted by Gasteiger charge is -2.21. The van der Waals surface area contributed by atoms with Crippen LogP contribution in [0.4, 0.5) is 5.69 Å². The lowest BCUT2D eigenvalue weighted by atomic mass is 10.2. The number of hydrogen-bond donors (Lipinski definition) is 1. The minimum atomic E-state index is -0.190. The fourth-order valence-electron chi connectivity index (χ4n) is 2.51. The van der Waals surface area contributed by atoms with Gasteiger partial charge in [-0.25, -0.2) is 0 Å². The number of carbonyl (C=O) groups excluding carboxylic acids is 2. The molecule has 6 nitrogen and oxygen atoms in total. The van der Waals surface area contributed by atoms with Gasteiger partial charge in [0.1, 0.15) is 12.3 Å². The van der Waals surface area contributed by atoms with Crippen LogP contribution in [0.3, 0.4) is 0 Å². The van der Waals surface area contributed by atoms with Gasteiger partial charge in [-0.3, -0.25) is 9.59 Å². The van der Waals surface area contributed by atoms with Crippen molar-refractivity contribution in [2.45, 2.75) is 32.8 Å². The van der Waals surface area contributed by atoms with Crippen molar-refractivity contribution in [3.8, 4) is 5.75 Å². The first-order valence-electron chi connectivity index (χ1n) is 7.99. The van der Waals surface area contributed by atoms with E-state index in [2.05, 4.69) is 5.32 Å². The molecule has 1 aromatic rings. The summed E-state index contributed by atoms with van der Waals surface area (Å²) in [5.41, 5.74) is 0.674. The molecular formula is C17H24N2O4. The molecule has 6 heteroatoms. The van der Waals surface area contributed by atoms with Crippen molar-refractivity contribution in [2.24, 2.45) is 0 Å². The van der Waals surface area contributed by atoms with Crippen LogP contribution in [0.2, 0.25) is 0 Å². The van der Waals surface area contributed by atoms with Gasteiger partial charge in [0.25, 0.3) is 0 Å². The smallest absolute Gasteiger partial charge is 0.240 e. The molecule has 0 spiro atoms. The van der Waals surface area contributed by atoms with Crippen molar-refractivity contribution in [2.75, 3.05) is 31.2 Å². The first kappa shape index (κ1) is 17.3. The molecule has 0 saturated carbocycles. The van der Waals surface area contributed by atoms with Crippen LogP contribution in [0.25, 0.3) is 0 Å². The number of anilines is 1. The first-order valence-corrected chi connectivity index (χ1v) is 7.99. The second kappa shape index (κ2) is 8.53. The summed E-state index contributed by atoms with van der Waals surface area (Å²) in [7, 11) is 0. The Balaban J connectivity index is 1.91. The minimum absolute atomic E-state index is 0.00393. The van der Waals surface area contributed by atoms with E-state index in [0.29, 0.717) is 18.8 Å². The molecule has 23 heavy (non-hydrogen) atoms.